The maximum Gasteiger partial charge on any atom is 0.335 e. The number of carbonyl (C=O) groups is 1. The molecule has 1 aliphatic rings. The van der Waals surface area contributed by atoms with Crippen LogP contribution in [0.3, 0.4) is 0 Å². The molecule has 0 amide bonds. The van der Waals surface area contributed by atoms with Gasteiger partial charge >= 0.3 is 5.97 Å². The Morgan fingerprint density at radius 3 is 2.58 bits per heavy atom. The highest BCUT2D eigenvalue weighted by Crippen LogP contribution is 2.30. The summed E-state index contributed by atoms with van der Waals surface area (Å²) in [5.74, 6) is -0.852. The van der Waals surface area contributed by atoms with E-state index in [2.05, 4.69) is 28.6 Å². The van der Waals surface area contributed by atoms with Gasteiger partial charge in [-0.15, -0.1) is 0 Å². The van der Waals surface area contributed by atoms with Crippen molar-refractivity contribution in [2.75, 3.05) is 32.7 Å². The fourth-order valence-electron chi connectivity index (χ4n) is 3.93. The summed E-state index contributed by atoms with van der Waals surface area (Å²) < 4.78 is 2.32. The van der Waals surface area contributed by atoms with Gasteiger partial charge in [-0.05, 0) is 50.5 Å². The third-order valence-electron chi connectivity index (χ3n) is 5.19. The Hall–Kier alpha value is -1.85. The number of aryl methyl sites for hydroxylation is 2. The largest absolute Gasteiger partial charge is 0.478 e. The third kappa shape index (κ3) is 3.06. The quantitative estimate of drug-likeness (QED) is 0.884. The van der Waals surface area contributed by atoms with Crippen LogP contribution in [0.15, 0.2) is 12.1 Å². The van der Waals surface area contributed by atoms with Crippen LogP contribution in [0.2, 0.25) is 0 Å². The van der Waals surface area contributed by atoms with Gasteiger partial charge in [-0.3, -0.25) is 0 Å². The van der Waals surface area contributed by atoms with Crippen LogP contribution < -0.4 is 5.32 Å². The summed E-state index contributed by atoms with van der Waals surface area (Å²) in [6.07, 6.45) is 0.970. The van der Waals surface area contributed by atoms with Crippen LogP contribution in [0, 0.1) is 13.8 Å². The number of fused-ring (bicyclic) bond motifs is 1. The molecule has 2 heterocycles. The minimum Gasteiger partial charge on any atom is -0.478 e. The van der Waals surface area contributed by atoms with Gasteiger partial charge in [-0.2, -0.15) is 0 Å². The van der Waals surface area contributed by atoms with E-state index in [1.807, 2.05) is 13.0 Å². The first-order valence-electron chi connectivity index (χ1n) is 8.81. The Morgan fingerprint density at radius 2 is 1.96 bits per heavy atom. The molecular formula is C19H27N3O2. The topological polar surface area (TPSA) is 57.5 Å². The van der Waals surface area contributed by atoms with Crippen LogP contribution >= 0.6 is 0 Å². The minimum atomic E-state index is -0.852. The molecule has 1 aliphatic heterocycles. The van der Waals surface area contributed by atoms with E-state index in [4.69, 9.17) is 0 Å². The lowest BCUT2D eigenvalue weighted by Crippen LogP contribution is -2.44. The van der Waals surface area contributed by atoms with E-state index in [-0.39, 0.29) is 0 Å². The van der Waals surface area contributed by atoms with Crippen LogP contribution in [0.1, 0.15) is 34.1 Å². The van der Waals surface area contributed by atoms with E-state index >= 15 is 0 Å². The number of rotatable bonds is 5. The van der Waals surface area contributed by atoms with Crippen molar-refractivity contribution in [2.24, 2.45) is 0 Å². The van der Waals surface area contributed by atoms with E-state index in [9.17, 15) is 9.90 Å². The summed E-state index contributed by atoms with van der Waals surface area (Å²) in [7, 11) is 0. The molecule has 0 spiro atoms. The van der Waals surface area contributed by atoms with Gasteiger partial charge in [0.25, 0.3) is 0 Å². The van der Waals surface area contributed by atoms with Crippen LogP contribution in [0.5, 0.6) is 0 Å². The summed E-state index contributed by atoms with van der Waals surface area (Å²) in [5.41, 5.74) is 5.19. The van der Waals surface area contributed by atoms with Gasteiger partial charge in [-0.25, -0.2) is 4.79 Å². The number of nitrogens with one attached hydrogen (secondary N) is 1. The van der Waals surface area contributed by atoms with Crippen molar-refractivity contribution in [1.82, 2.24) is 14.8 Å². The van der Waals surface area contributed by atoms with Gasteiger partial charge < -0.3 is 19.9 Å². The monoisotopic (exact) mass is 329 g/mol. The van der Waals surface area contributed by atoms with Gasteiger partial charge in [0.05, 0.1) is 11.1 Å². The maximum absolute atomic E-state index is 11.5. The van der Waals surface area contributed by atoms with Crippen molar-refractivity contribution in [3.8, 4) is 0 Å². The highest BCUT2D eigenvalue weighted by atomic mass is 16.4. The number of piperazine rings is 1. The number of carboxylic acids is 1. The first kappa shape index (κ1) is 17.0. The average molecular weight is 329 g/mol. The number of hydrogen-bond donors (Lipinski definition) is 2. The molecule has 1 fully saturated rings. The summed E-state index contributed by atoms with van der Waals surface area (Å²) >= 11 is 0. The van der Waals surface area contributed by atoms with Crippen LogP contribution in [-0.2, 0) is 13.0 Å². The molecule has 0 radical (unpaired) electrons. The lowest BCUT2D eigenvalue weighted by atomic mass is 10.0. The second-order valence-electron chi connectivity index (χ2n) is 6.64. The molecule has 2 aromatic rings. The van der Waals surface area contributed by atoms with Crippen molar-refractivity contribution in [3.63, 3.8) is 0 Å². The zero-order valence-corrected chi connectivity index (χ0v) is 14.9. The van der Waals surface area contributed by atoms with E-state index in [1.165, 1.54) is 16.8 Å². The molecule has 2 N–H and O–H groups in total. The SMILES string of the molecule is CCn1c(C)c(CCN2CCNCC2)c2cc(C(=O)O)cc(C)c21. The van der Waals surface area contributed by atoms with Gasteiger partial charge in [-0.1, -0.05) is 0 Å². The molecule has 0 aliphatic carbocycles. The number of carboxylic acid groups (broad SMARTS) is 1. The number of hydrogen-bond acceptors (Lipinski definition) is 3. The standard InChI is InChI=1S/C19H27N3O2/c1-4-22-14(3)16(5-8-21-9-6-20-7-10-21)17-12-15(19(23)24)11-13(2)18(17)22/h11-12,20H,4-10H2,1-3H3,(H,23,24). The summed E-state index contributed by atoms with van der Waals surface area (Å²) in [6.45, 7) is 12.5. The van der Waals surface area contributed by atoms with Crippen molar-refractivity contribution >= 4 is 16.9 Å². The molecule has 1 saturated heterocycles. The van der Waals surface area contributed by atoms with E-state index < -0.39 is 5.97 Å². The van der Waals surface area contributed by atoms with Crippen molar-refractivity contribution in [2.45, 2.75) is 33.7 Å². The van der Waals surface area contributed by atoms with E-state index in [0.29, 0.717) is 5.56 Å². The molecule has 5 heteroatoms. The lowest BCUT2D eigenvalue weighted by Gasteiger charge is -2.27. The molecule has 0 unspecified atom stereocenters. The second kappa shape index (κ2) is 6.95. The second-order valence-corrected chi connectivity index (χ2v) is 6.64. The van der Waals surface area contributed by atoms with Crippen molar-refractivity contribution in [1.29, 1.82) is 0 Å². The van der Waals surface area contributed by atoms with E-state index in [0.717, 1.165) is 56.6 Å². The first-order chi connectivity index (χ1) is 11.5. The molecule has 0 saturated carbocycles. The smallest absolute Gasteiger partial charge is 0.335 e. The first-order valence-corrected chi connectivity index (χ1v) is 8.81. The average Bonchev–Trinajstić information content (AvgIpc) is 2.85. The number of benzene rings is 1. The maximum atomic E-state index is 11.5. The predicted octanol–water partition coefficient (Wildman–Crippen LogP) is 2.42. The number of nitrogens with zero attached hydrogens (tertiary/aromatic N) is 2. The van der Waals surface area contributed by atoms with Crippen LogP contribution in [-0.4, -0.2) is 53.3 Å². The Kier molecular flexibility index (Phi) is 4.92. The van der Waals surface area contributed by atoms with Gasteiger partial charge in [0.15, 0.2) is 0 Å². The van der Waals surface area contributed by atoms with E-state index in [1.54, 1.807) is 6.07 Å². The number of aromatic nitrogens is 1. The molecule has 0 atom stereocenters. The Balaban J connectivity index is 2.01. The van der Waals surface area contributed by atoms with Gasteiger partial charge in [0, 0.05) is 50.3 Å². The molecule has 1 aromatic carbocycles. The molecule has 24 heavy (non-hydrogen) atoms. The fourth-order valence-corrected chi connectivity index (χ4v) is 3.93. The van der Waals surface area contributed by atoms with Crippen LogP contribution in [0.4, 0.5) is 0 Å². The summed E-state index contributed by atoms with van der Waals surface area (Å²) in [5, 5.41) is 13.9. The Bertz CT molecular complexity index is 758. The summed E-state index contributed by atoms with van der Waals surface area (Å²) in [6, 6.07) is 3.65. The van der Waals surface area contributed by atoms with Crippen molar-refractivity contribution < 1.29 is 9.90 Å². The third-order valence-corrected chi connectivity index (χ3v) is 5.19. The number of aromatic carboxylic acids is 1. The Morgan fingerprint density at radius 1 is 1.25 bits per heavy atom. The normalized spacial score (nSPS) is 16.0. The highest BCUT2D eigenvalue weighted by molar-refractivity contribution is 5.97. The molecular weight excluding hydrogens is 302 g/mol. The molecule has 1 aromatic heterocycles. The Labute approximate surface area is 143 Å². The van der Waals surface area contributed by atoms with Gasteiger partial charge in [0.1, 0.15) is 0 Å². The zero-order valence-electron chi connectivity index (χ0n) is 14.9. The van der Waals surface area contributed by atoms with Crippen molar-refractivity contribution in [3.05, 3.63) is 34.5 Å². The zero-order chi connectivity index (χ0) is 17.3. The summed E-state index contributed by atoms with van der Waals surface area (Å²) in [4.78, 5) is 13.9. The fraction of sp³-hybridized carbons (Fsp3) is 0.526. The minimum absolute atomic E-state index is 0.386. The predicted molar refractivity (Wildman–Crippen MR) is 97.1 cm³/mol. The lowest BCUT2D eigenvalue weighted by molar-refractivity contribution is 0.0697. The molecule has 5 nitrogen and oxygen atoms in total. The molecule has 0 bridgehead atoms. The molecule has 3 rings (SSSR count). The van der Waals surface area contributed by atoms with Crippen LogP contribution in [0.25, 0.3) is 10.9 Å². The van der Waals surface area contributed by atoms with Gasteiger partial charge in [0.2, 0.25) is 0 Å². The molecule has 130 valence electrons. The highest BCUT2D eigenvalue weighted by Gasteiger charge is 2.19.